The van der Waals surface area contributed by atoms with Crippen LogP contribution in [0.15, 0.2) is 41.8 Å². The van der Waals surface area contributed by atoms with Gasteiger partial charge in [-0.25, -0.2) is 4.79 Å². The lowest BCUT2D eigenvalue weighted by atomic mass is 10.2. The van der Waals surface area contributed by atoms with Gasteiger partial charge in [0, 0.05) is 24.5 Å². The second kappa shape index (κ2) is 7.26. The predicted octanol–water partition coefficient (Wildman–Crippen LogP) is 2.86. The Bertz CT molecular complexity index is 664. The number of hydrogen-bond acceptors (Lipinski definition) is 4. The lowest BCUT2D eigenvalue weighted by Gasteiger charge is -2.26. The van der Waals surface area contributed by atoms with Crippen LogP contribution in [0.4, 0.5) is 16.2 Å². The third-order valence-corrected chi connectivity index (χ3v) is 4.31. The largest absolute Gasteiger partial charge is 0.378 e. The molecule has 1 aromatic carbocycles. The van der Waals surface area contributed by atoms with E-state index < -0.39 is 0 Å². The lowest BCUT2D eigenvalue weighted by Crippen LogP contribution is -2.43. The first-order valence-corrected chi connectivity index (χ1v) is 8.19. The van der Waals surface area contributed by atoms with Crippen LogP contribution < -0.4 is 10.6 Å². The molecule has 1 aliphatic rings. The van der Waals surface area contributed by atoms with Gasteiger partial charge in [-0.15, -0.1) is 11.3 Å². The molecule has 0 radical (unpaired) electrons. The number of carbonyl (C=O) groups excluding carboxylic acids is 2. The molecule has 7 heteroatoms. The summed E-state index contributed by atoms with van der Waals surface area (Å²) in [5.41, 5.74) is 1.38. The molecule has 1 aromatic heterocycles. The number of rotatable bonds is 3. The fourth-order valence-electron chi connectivity index (χ4n) is 2.21. The minimum absolute atomic E-state index is 0.134. The van der Waals surface area contributed by atoms with E-state index in [0.717, 1.165) is 0 Å². The molecular formula is C16H17N3O3S. The Morgan fingerprint density at radius 2 is 1.65 bits per heavy atom. The average molecular weight is 331 g/mol. The Labute approximate surface area is 138 Å². The average Bonchev–Trinajstić information content (AvgIpc) is 3.12. The van der Waals surface area contributed by atoms with E-state index >= 15 is 0 Å². The highest BCUT2D eigenvalue weighted by atomic mass is 32.1. The second-order valence-electron chi connectivity index (χ2n) is 5.04. The molecule has 2 heterocycles. The van der Waals surface area contributed by atoms with Crippen molar-refractivity contribution >= 4 is 34.6 Å². The number of urea groups is 1. The number of benzene rings is 1. The van der Waals surface area contributed by atoms with E-state index in [-0.39, 0.29) is 11.9 Å². The predicted molar refractivity (Wildman–Crippen MR) is 90.1 cm³/mol. The quantitative estimate of drug-likeness (QED) is 0.908. The number of amides is 3. The maximum Gasteiger partial charge on any atom is 0.321 e. The third-order valence-electron chi connectivity index (χ3n) is 3.44. The van der Waals surface area contributed by atoms with Crippen molar-refractivity contribution in [3.8, 4) is 0 Å². The van der Waals surface area contributed by atoms with E-state index in [1.807, 2.05) is 11.4 Å². The van der Waals surface area contributed by atoms with Crippen molar-refractivity contribution < 1.29 is 14.3 Å². The van der Waals surface area contributed by atoms with Crippen molar-refractivity contribution in [1.82, 2.24) is 4.90 Å². The van der Waals surface area contributed by atoms with Crippen molar-refractivity contribution in [3.05, 3.63) is 46.7 Å². The number of carbonyl (C=O) groups is 2. The van der Waals surface area contributed by atoms with Gasteiger partial charge in [0.15, 0.2) is 0 Å². The van der Waals surface area contributed by atoms with Gasteiger partial charge in [-0.1, -0.05) is 6.07 Å². The fourth-order valence-corrected chi connectivity index (χ4v) is 2.83. The molecule has 0 aliphatic carbocycles. The van der Waals surface area contributed by atoms with Gasteiger partial charge in [-0.05, 0) is 35.7 Å². The van der Waals surface area contributed by atoms with E-state index in [2.05, 4.69) is 10.6 Å². The summed E-state index contributed by atoms with van der Waals surface area (Å²) in [6, 6.07) is 10.5. The normalized spacial score (nSPS) is 14.3. The zero-order valence-corrected chi connectivity index (χ0v) is 13.3. The number of anilines is 2. The summed E-state index contributed by atoms with van der Waals surface area (Å²) in [6.07, 6.45) is 0. The molecule has 0 unspecified atom stereocenters. The van der Waals surface area contributed by atoms with Gasteiger partial charge in [-0.2, -0.15) is 0 Å². The fraction of sp³-hybridized carbons (Fsp3) is 0.250. The van der Waals surface area contributed by atoms with E-state index in [4.69, 9.17) is 4.74 Å². The molecule has 2 aromatic rings. The van der Waals surface area contributed by atoms with Crippen LogP contribution in [0.3, 0.4) is 0 Å². The van der Waals surface area contributed by atoms with E-state index in [1.54, 1.807) is 35.2 Å². The summed E-state index contributed by atoms with van der Waals surface area (Å²) >= 11 is 1.39. The smallest absolute Gasteiger partial charge is 0.321 e. The number of nitrogens with zero attached hydrogens (tertiary/aromatic N) is 1. The zero-order chi connectivity index (χ0) is 16.1. The van der Waals surface area contributed by atoms with Crippen LogP contribution in [0, 0.1) is 0 Å². The molecule has 23 heavy (non-hydrogen) atoms. The van der Waals surface area contributed by atoms with E-state index in [9.17, 15) is 9.59 Å². The zero-order valence-electron chi connectivity index (χ0n) is 12.5. The minimum atomic E-state index is -0.135. The van der Waals surface area contributed by atoms with Crippen LogP contribution in [0.25, 0.3) is 0 Å². The molecule has 0 atom stereocenters. The maximum atomic E-state index is 12.1. The van der Waals surface area contributed by atoms with Crippen LogP contribution in [-0.4, -0.2) is 43.1 Å². The Hall–Kier alpha value is -2.38. The molecule has 2 N–H and O–H groups in total. The summed E-state index contributed by atoms with van der Waals surface area (Å²) in [5.74, 6) is -0.134. The third kappa shape index (κ3) is 4.08. The number of thiophene rings is 1. The molecule has 1 saturated heterocycles. The summed E-state index contributed by atoms with van der Waals surface area (Å²) in [6.45, 7) is 2.34. The van der Waals surface area contributed by atoms with E-state index in [0.29, 0.717) is 42.6 Å². The summed E-state index contributed by atoms with van der Waals surface area (Å²) in [4.78, 5) is 26.4. The minimum Gasteiger partial charge on any atom is -0.378 e. The van der Waals surface area contributed by atoms with Crippen molar-refractivity contribution in [3.63, 3.8) is 0 Å². The first-order chi connectivity index (χ1) is 11.2. The molecule has 0 spiro atoms. The van der Waals surface area contributed by atoms with Gasteiger partial charge >= 0.3 is 6.03 Å². The van der Waals surface area contributed by atoms with Gasteiger partial charge < -0.3 is 20.3 Å². The number of morpholine rings is 1. The summed E-state index contributed by atoms with van der Waals surface area (Å²) < 4.78 is 5.22. The molecule has 1 fully saturated rings. The van der Waals surface area contributed by atoms with Crippen LogP contribution in [-0.2, 0) is 4.74 Å². The van der Waals surface area contributed by atoms with Crippen molar-refractivity contribution in [2.45, 2.75) is 0 Å². The van der Waals surface area contributed by atoms with Gasteiger partial charge in [0.25, 0.3) is 5.91 Å². The Kier molecular flexibility index (Phi) is 4.89. The van der Waals surface area contributed by atoms with Crippen molar-refractivity contribution in [1.29, 1.82) is 0 Å². The molecule has 3 amide bonds. The van der Waals surface area contributed by atoms with Crippen LogP contribution in [0.5, 0.6) is 0 Å². The standard InChI is InChI=1S/C16H17N3O3S/c20-15(14-2-1-11-23-14)17-12-3-5-13(6-4-12)18-16(21)19-7-9-22-10-8-19/h1-6,11H,7-10H2,(H,17,20)(H,18,21). The molecule has 120 valence electrons. The van der Waals surface area contributed by atoms with Crippen molar-refractivity contribution in [2.24, 2.45) is 0 Å². The number of ether oxygens (including phenoxy) is 1. The monoisotopic (exact) mass is 331 g/mol. The lowest BCUT2D eigenvalue weighted by molar-refractivity contribution is 0.0564. The molecule has 1 aliphatic heterocycles. The molecule has 6 nitrogen and oxygen atoms in total. The Morgan fingerprint density at radius 3 is 2.26 bits per heavy atom. The van der Waals surface area contributed by atoms with Gasteiger partial charge in [-0.3, -0.25) is 4.79 Å². The van der Waals surface area contributed by atoms with E-state index in [1.165, 1.54) is 11.3 Å². The highest BCUT2D eigenvalue weighted by Crippen LogP contribution is 2.17. The van der Waals surface area contributed by atoms with Gasteiger partial charge in [0.1, 0.15) is 0 Å². The molecule has 0 saturated carbocycles. The van der Waals surface area contributed by atoms with Crippen LogP contribution in [0.2, 0.25) is 0 Å². The molecule has 0 bridgehead atoms. The highest BCUT2D eigenvalue weighted by Gasteiger charge is 2.16. The number of nitrogens with one attached hydrogen (secondary N) is 2. The maximum absolute atomic E-state index is 12.1. The van der Waals surface area contributed by atoms with Gasteiger partial charge in [0.2, 0.25) is 0 Å². The molecule has 3 rings (SSSR count). The van der Waals surface area contributed by atoms with Crippen molar-refractivity contribution in [2.75, 3.05) is 36.9 Å². The van der Waals surface area contributed by atoms with Crippen LogP contribution in [0.1, 0.15) is 9.67 Å². The Balaban J connectivity index is 1.56. The first-order valence-electron chi connectivity index (χ1n) is 7.31. The number of hydrogen-bond donors (Lipinski definition) is 2. The van der Waals surface area contributed by atoms with Crippen LogP contribution >= 0.6 is 11.3 Å². The molecular weight excluding hydrogens is 314 g/mol. The topological polar surface area (TPSA) is 70.7 Å². The SMILES string of the molecule is O=C(Nc1ccc(NC(=O)N2CCOCC2)cc1)c1cccs1. The second-order valence-corrected chi connectivity index (χ2v) is 5.99. The first kappa shape index (κ1) is 15.5. The summed E-state index contributed by atoms with van der Waals surface area (Å²) in [5, 5.41) is 7.52. The van der Waals surface area contributed by atoms with Gasteiger partial charge in [0.05, 0.1) is 18.1 Å². The highest BCUT2D eigenvalue weighted by molar-refractivity contribution is 7.12. The Morgan fingerprint density at radius 1 is 1.00 bits per heavy atom. The summed E-state index contributed by atoms with van der Waals surface area (Å²) in [7, 11) is 0.